The average Bonchev–Trinajstić information content (AvgIpc) is 1.69. The van der Waals surface area contributed by atoms with E-state index in [1.54, 1.807) is 0 Å². The Morgan fingerprint density at radius 1 is 1.00 bits per heavy atom. The molecule has 0 aromatic carbocycles. The van der Waals surface area contributed by atoms with Gasteiger partial charge in [-0.25, -0.2) is 9.78 Å². The van der Waals surface area contributed by atoms with Crippen molar-refractivity contribution in [3.63, 3.8) is 0 Å². The summed E-state index contributed by atoms with van der Waals surface area (Å²) in [7, 11) is 0. The summed E-state index contributed by atoms with van der Waals surface area (Å²) in [6.45, 7) is 4.66. The molecule has 0 fully saturated rings. The van der Waals surface area contributed by atoms with E-state index < -0.39 is 0 Å². The molecule has 0 atom stereocenters. The molecule has 0 aliphatic rings. The molecule has 8 heavy (non-hydrogen) atoms. The first-order valence-electron chi connectivity index (χ1n) is 2.32. The van der Waals surface area contributed by atoms with Crippen LogP contribution < -0.4 is 0 Å². The maximum absolute atomic E-state index is 4.35. The summed E-state index contributed by atoms with van der Waals surface area (Å²) in [4.78, 5) is 8.70. The third-order valence-corrected chi connectivity index (χ3v) is 0.332. The predicted molar refractivity (Wildman–Crippen MR) is 30.1 cm³/mol. The van der Waals surface area contributed by atoms with Gasteiger partial charge in [0.2, 0.25) is 0 Å². The van der Waals surface area contributed by atoms with E-state index >= 15 is 0 Å². The second kappa shape index (κ2) is 10.5. The Labute approximate surface area is 61.3 Å². The molecule has 0 heterocycles. The Hall–Kier alpha value is 0.477. The van der Waals surface area contributed by atoms with E-state index in [1.807, 2.05) is 13.8 Å². The Kier molecular flexibility index (Phi) is 14.8. The van der Waals surface area contributed by atoms with Crippen LogP contribution in [0.4, 0.5) is 0 Å². The molecule has 4 heteroatoms. The van der Waals surface area contributed by atoms with Gasteiger partial charge in [0.05, 0.1) is 13.2 Å². The van der Waals surface area contributed by atoms with Gasteiger partial charge < -0.3 is 0 Å². The maximum atomic E-state index is 4.35. The largest absolute Gasteiger partial charge is 0.206 e. The summed E-state index contributed by atoms with van der Waals surface area (Å²) in [6, 6.07) is 0. The Morgan fingerprint density at radius 2 is 1.38 bits per heavy atom. The first kappa shape index (κ1) is 11.3. The molecule has 0 N–H and O–H groups in total. The van der Waals surface area contributed by atoms with Gasteiger partial charge in [0, 0.05) is 18.9 Å². The fraction of sp³-hybridized carbons (Fsp3) is 1.00. The molecular formula is C4H10LiO3. The van der Waals surface area contributed by atoms with Crippen molar-refractivity contribution in [2.45, 2.75) is 13.8 Å². The van der Waals surface area contributed by atoms with E-state index in [2.05, 4.69) is 14.8 Å². The van der Waals surface area contributed by atoms with Gasteiger partial charge >= 0.3 is 0 Å². The predicted octanol–water partition coefficient (Wildman–Crippen LogP) is 0.525. The van der Waals surface area contributed by atoms with Crippen LogP contribution in [0.15, 0.2) is 0 Å². The van der Waals surface area contributed by atoms with Gasteiger partial charge in [0.25, 0.3) is 0 Å². The molecule has 0 aromatic heterocycles. The van der Waals surface area contributed by atoms with Gasteiger partial charge in [-0.1, -0.05) is 5.04 Å². The molecule has 0 amide bonds. The fourth-order valence-electron chi connectivity index (χ4n) is 0.130. The summed E-state index contributed by atoms with van der Waals surface area (Å²) in [5.74, 6) is 0. The van der Waals surface area contributed by atoms with Crippen LogP contribution >= 0.6 is 0 Å². The molecule has 1 radical (unpaired) electrons. The van der Waals surface area contributed by atoms with Crippen LogP contribution in [-0.2, 0) is 14.8 Å². The van der Waals surface area contributed by atoms with Gasteiger partial charge in [-0.15, -0.1) is 0 Å². The zero-order chi connectivity index (χ0) is 5.54. The van der Waals surface area contributed by atoms with Gasteiger partial charge in [-0.05, 0) is 13.8 Å². The minimum Gasteiger partial charge on any atom is -0.206 e. The van der Waals surface area contributed by atoms with Crippen LogP contribution in [0, 0.1) is 0 Å². The standard InChI is InChI=1S/C4H10O3.Li/c1-3-5-7-6-4-2;/h3-4H2,1-2H3;. The molecule has 0 rings (SSSR count). The van der Waals surface area contributed by atoms with Crippen molar-refractivity contribution >= 4 is 18.9 Å². The molecule has 0 aromatic rings. The van der Waals surface area contributed by atoms with Crippen LogP contribution in [0.3, 0.4) is 0 Å². The number of hydrogen-bond acceptors (Lipinski definition) is 3. The molecule has 0 saturated heterocycles. The third-order valence-electron chi connectivity index (χ3n) is 0.332. The van der Waals surface area contributed by atoms with Crippen molar-refractivity contribution < 1.29 is 14.8 Å². The number of rotatable bonds is 4. The van der Waals surface area contributed by atoms with Crippen molar-refractivity contribution in [1.82, 2.24) is 0 Å². The van der Waals surface area contributed by atoms with E-state index in [0.717, 1.165) is 0 Å². The topological polar surface area (TPSA) is 27.7 Å². The van der Waals surface area contributed by atoms with E-state index in [0.29, 0.717) is 13.2 Å². The fourth-order valence-corrected chi connectivity index (χ4v) is 0.130. The molecule has 0 bridgehead atoms. The molecule has 3 nitrogen and oxygen atoms in total. The smallest absolute Gasteiger partial charge is 0.0825 e. The molecule has 45 valence electrons. The minimum atomic E-state index is 0. The van der Waals surface area contributed by atoms with Gasteiger partial charge in [0.1, 0.15) is 0 Å². The van der Waals surface area contributed by atoms with Crippen LogP contribution in [0.1, 0.15) is 13.8 Å². The van der Waals surface area contributed by atoms with Crippen LogP contribution in [-0.4, -0.2) is 32.1 Å². The quantitative estimate of drug-likeness (QED) is 0.230. The van der Waals surface area contributed by atoms with Gasteiger partial charge in [-0.2, -0.15) is 0 Å². The second-order valence-corrected chi connectivity index (χ2v) is 0.881. The van der Waals surface area contributed by atoms with E-state index in [-0.39, 0.29) is 18.9 Å². The van der Waals surface area contributed by atoms with E-state index in [4.69, 9.17) is 0 Å². The van der Waals surface area contributed by atoms with Crippen molar-refractivity contribution in [2.75, 3.05) is 13.2 Å². The zero-order valence-corrected chi connectivity index (χ0v) is 5.64. The molecule has 0 saturated carbocycles. The minimum absolute atomic E-state index is 0. The van der Waals surface area contributed by atoms with Crippen LogP contribution in [0.25, 0.3) is 0 Å². The van der Waals surface area contributed by atoms with E-state index in [9.17, 15) is 0 Å². The first-order chi connectivity index (χ1) is 3.41. The number of hydrogen-bond donors (Lipinski definition) is 0. The SMILES string of the molecule is CCOOOCC.[Li]. The van der Waals surface area contributed by atoms with Crippen molar-refractivity contribution in [3.8, 4) is 0 Å². The zero-order valence-electron chi connectivity index (χ0n) is 5.64. The molecular weight excluding hydrogens is 103 g/mol. The maximum Gasteiger partial charge on any atom is 0.0825 e. The van der Waals surface area contributed by atoms with Gasteiger partial charge in [0.15, 0.2) is 0 Å². The molecule has 0 spiro atoms. The summed E-state index contributed by atoms with van der Waals surface area (Å²) >= 11 is 0. The summed E-state index contributed by atoms with van der Waals surface area (Å²) in [6.07, 6.45) is 0. The van der Waals surface area contributed by atoms with Crippen molar-refractivity contribution in [1.29, 1.82) is 0 Å². The van der Waals surface area contributed by atoms with Gasteiger partial charge in [-0.3, -0.25) is 0 Å². The van der Waals surface area contributed by atoms with Crippen molar-refractivity contribution in [2.24, 2.45) is 0 Å². The van der Waals surface area contributed by atoms with Crippen LogP contribution in [0.5, 0.6) is 0 Å². The Morgan fingerprint density at radius 3 is 1.62 bits per heavy atom. The Balaban J connectivity index is 0. The molecule has 0 aliphatic carbocycles. The molecule has 0 unspecified atom stereocenters. The molecule has 0 aliphatic heterocycles. The normalized spacial score (nSPS) is 8.25. The third kappa shape index (κ3) is 9.69. The second-order valence-electron chi connectivity index (χ2n) is 0.881. The monoisotopic (exact) mass is 113 g/mol. The summed E-state index contributed by atoms with van der Waals surface area (Å²) in [5, 5.41) is 4.13. The summed E-state index contributed by atoms with van der Waals surface area (Å²) in [5.41, 5.74) is 0. The van der Waals surface area contributed by atoms with E-state index in [1.165, 1.54) is 0 Å². The first-order valence-corrected chi connectivity index (χ1v) is 2.32. The average molecular weight is 113 g/mol. The summed E-state index contributed by atoms with van der Waals surface area (Å²) < 4.78 is 0. The van der Waals surface area contributed by atoms with Crippen LogP contribution in [0.2, 0.25) is 0 Å². The Bertz CT molecular complexity index is 30.5. The van der Waals surface area contributed by atoms with Crippen molar-refractivity contribution in [3.05, 3.63) is 0 Å².